The quantitative estimate of drug-likeness (QED) is 0.733. The van der Waals surface area contributed by atoms with Crippen LogP contribution in [-0.4, -0.2) is 37.8 Å². The minimum Gasteiger partial charge on any atom is -0.497 e. The van der Waals surface area contributed by atoms with E-state index in [0.717, 1.165) is 36.8 Å². The standard InChI is InChI=1S/C13H19N3O2/c1-18-11-5-2-4-10(8-11)12(17)9-16-13-14-6-3-7-15-13/h2,4-5,8,12,17H,3,6-7,9H2,1H3,(H2,14,15,16). The number of methoxy groups -OCH3 is 1. The van der Waals surface area contributed by atoms with Gasteiger partial charge >= 0.3 is 0 Å². The molecule has 1 aromatic carbocycles. The number of benzene rings is 1. The summed E-state index contributed by atoms with van der Waals surface area (Å²) in [6, 6.07) is 7.44. The minimum absolute atomic E-state index is 0.430. The third-order valence-electron chi connectivity index (χ3n) is 2.84. The molecule has 0 amide bonds. The van der Waals surface area contributed by atoms with Gasteiger partial charge in [-0.15, -0.1) is 0 Å². The molecule has 2 rings (SSSR count). The van der Waals surface area contributed by atoms with Crippen LogP contribution in [0.15, 0.2) is 29.3 Å². The van der Waals surface area contributed by atoms with Crippen molar-refractivity contribution >= 4 is 5.96 Å². The number of hydrogen-bond donors (Lipinski definition) is 3. The third-order valence-corrected chi connectivity index (χ3v) is 2.84. The third kappa shape index (κ3) is 3.37. The van der Waals surface area contributed by atoms with Gasteiger partial charge in [-0.1, -0.05) is 12.1 Å². The summed E-state index contributed by atoms with van der Waals surface area (Å²) in [7, 11) is 1.62. The Labute approximate surface area is 107 Å². The van der Waals surface area contributed by atoms with Gasteiger partial charge < -0.3 is 20.5 Å². The van der Waals surface area contributed by atoms with Crippen LogP contribution in [-0.2, 0) is 0 Å². The molecule has 18 heavy (non-hydrogen) atoms. The van der Waals surface area contributed by atoms with Crippen LogP contribution < -0.4 is 15.4 Å². The van der Waals surface area contributed by atoms with Crippen LogP contribution in [0.2, 0.25) is 0 Å². The Morgan fingerprint density at radius 1 is 1.56 bits per heavy atom. The lowest BCUT2D eigenvalue weighted by molar-refractivity contribution is 0.180. The van der Waals surface area contributed by atoms with Crippen LogP contribution in [0.4, 0.5) is 0 Å². The second kappa shape index (κ2) is 6.26. The predicted molar refractivity (Wildman–Crippen MR) is 70.9 cm³/mol. The molecular weight excluding hydrogens is 230 g/mol. The van der Waals surface area contributed by atoms with E-state index in [1.165, 1.54) is 0 Å². The van der Waals surface area contributed by atoms with E-state index in [9.17, 15) is 5.11 Å². The molecule has 0 saturated carbocycles. The Hall–Kier alpha value is -1.75. The molecule has 0 bridgehead atoms. The maximum absolute atomic E-state index is 10.1. The monoisotopic (exact) mass is 249 g/mol. The molecule has 0 aliphatic carbocycles. The number of aliphatic hydroxyl groups is 1. The number of aliphatic imine (C=N–C) groups is 1. The van der Waals surface area contributed by atoms with Gasteiger partial charge in [-0.25, -0.2) is 0 Å². The predicted octanol–water partition coefficient (Wildman–Crippen LogP) is 0.667. The summed E-state index contributed by atoms with van der Waals surface area (Å²) in [6.07, 6.45) is 0.482. The highest BCUT2D eigenvalue weighted by molar-refractivity contribution is 5.80. The lowest BCUT2D eigenvalue weighted by Gasteiger charge is -2.18. The van der Waals surface area contributed by atoms with E-state index < -0.39 is 6.10 Å². The summed E-state index contributed by atoms with van der Waals surface area (Å²) >= 11 is 0. The zero-order chi connectivity index (χ0) is 12.8. The Bertz CT molecular complexity index is 420. The van der Waals surface area contributed by atoms with E-state index in [1.54, 1.807) is 7.11 Å². The first-order valence-electron chi connectivity index (χ1n) is 6.14. The molecule has 1 aliphatic rings. The smallest absolute Gasteiger partial charge is 0.191 e. The fourth-order valence-corrected chi connectivity index (χ4v) is 1.81. The van der Waals surface area contributed by atoms with E-state index in [0.29, 0.717) is 6.54 Å². The molecule has 1 aromatic rings. The number of hydrogen-bond acceptors (Lipinski definition) is 5. The summed E-state index contributed by atoms with van der Waals surface area (Å²) in [5.74, 6) is 1.52. The molecule has 0 fully saturated rings. The van der Waals surface area contributed by atoms with Gasteiger partial charge in [0.15, 0.2) is 5.96 Å². The van der Waals surface area contributed by atoms with Crippen LogP contribution in [0.1, 0.15) is 18.1 Å². The normalized spacial score (nSPS) is 16.4. The molecule has 1 aliphatic heterocycles. The topological polar surface area (TPSA) is 65.9 Å². The maximum Gasteiger partial charge on any atom is 0.191 e. The van der Waals surface area contributed by atoms with Gasteiger partial charge in [0.05, 0.1) is 13.2 Å². The molecule has 3 N–H and O–H groups in total. The Balaban J connectivity index is 1.90. The molecule has 0 aromatic heterocycles. The summed E-state index contributed by atoms with van der Waals surface area (Å²) in [4.78, 5) is 4.29. The second-order valence-corrected chi connectivity index (χ2v) is 4.18. The highest BCUT2D eigenvalue weighted by Crippen LogP contribution is 2.18. The van der Waals surface area contributed by atoms with Gasteiger partial charge in [0, 0.05) is 19.6 Å². The van der Waals surface area contributed by atoms with E-state index >= 15 is 0 Å². The number of nitrogens with zero attached hydrogens (tertiary/aromatic N) is 1. The minimum atomic E-state index is -0.577. The zero-order valence-corrected chi connectivity index (χ0v) is 10.5. The maximum atomic E-state index is 10.1. The number of guanidine groups is 1. The van der Waals surface area contributed by atoms with Crippen molar-refractivity contribution in [3.05, 3.63) is 29.8 Å². The molecule has 1 heterocycles. The van der Waals surface area contributed by atoms with Crippen molar-refractivity contribution in [2.24, 2.45) is 4.99 Å². The number of aliphatic hydroxyl groups excluding tert-OH is 1. The van der Waals surface area contributed by atoms with Gasteiger partial charge in [-0.05, 0) is 24.1 Å². The first kappa shape index (κ1) is 12.7. The molecule has 5 nitrogen and oxygen atoms in total. The molecule has 1 atom stereocenters. The average molecular weight is 249 g/mol. The molecule has 0 radical (unpaired) electrons. The van der Waals surface area contributed by atoms with Gasteiger partial charge in [0.25, 0.3) is 0 Å². The van der Waals surface area contributed by atoms with Crippen LogP contribution >= 0.6 is 0 Å². The largest absolute Gasteiger partial charge is 0.497 e. The number of ether oxygens (including phenoxy) is 1. The molecule has 98 valence electrons. The highest BCUT2D eigenvalue weighted by atomic mass is 16.5. The van der Waals surface area contributed by atoms with E-state index in [1.807, 2.05) is 24.3 Å². The van der Waals surface area contributed by atoms with Crippen LogP contribution in [0.5, 0.6) is 5.75 Å². The fourth-order valence-electron chi connectivity index (χ4n) is 1.81. The molecule has 0 spiro atoms. The van der Waals surface area contributed by atoms with E-state index in [4.69, 9.17) is 4.74 Å². The highest BCUT2D eigenvalue weighted by Gasteiger charge is 2.10. The Morgan fingerprint density at radius 3 is 3.17 bits per heavy atom. The average Bonchev–Trinajstić information content (AvgIpc) is 2.46. The Morgan fingerprint density at radius 2 is 2.44 bits per heavy atom. The van der Waals surface area contributed by atoms with Crippen molar-refractivity contribution < 1.29 is 9.84 Å². The number of nitrogens with one attached hydrogen (secondary N) is 2. The SMILES string of the molecule is COc1cccc(C(O)CNC2=NCCCN2)c1. The van der Waals surface area contributed by atoms with Crippen molar-refractivity contribution in [3.8, 4) is 5.75 Å². The lowest BCUT2D eigenvalue weighted by Crippen LogP contribution is -2.42. The molecule has 1 unspecified atom stereocenters. The van der Waals surface area contributed by atoms with Crippen molar-refractivity contribution in [3.63, 3.8) is 0 Å². The zero-order valence-electron chi connectivity index (χ0n) is 10.5. The van der Waals surface area contributed by atoms with Gasteiger partial charge in [-0.3, -0.25) is 4.99 Å². The summed E-state index contributed by atoms with van der Waals surface area (Å²) in [5.41, 5.74) is 0.832. The van der Waals surface area contributed by atoms with Gasteiger partial charge in [-0.2, -0.15) is 0 Å². The van der Waals surface area contributed by atoms with Crippen molar-refractivity contribution in [2.45, 2.75) is 12.5 Å². The van der Waals surface area contributed by atoms with Crippen LogP contribution in [0, 0.1) is 0 Å². The van der Waals surface area contributed by atoms with Crippen molar-refractivity contribution in [1.82, 2.24) is 10.6 Å². The summed E-state index contributed by atoms with van der Waals surface area (Å²) < 4.78 is 5.13. The summed E-state index contributed by atoms with van der Waals surface area (Å²) in [6.45, 7) is 2.20. The summed E-state index contributed by atoms with van der Waals surface area (Å²) in [5, 5.41) is 16.3. The first-order chi connectivity index (χ1) is 8.79. The molecule has 5 heteroatoms. The lowest BCUT2D eigenvalue weighted by atomic mass is 10.1. The van der Waals surface area contributed by atoms with Crippen molar-refractivity contribution in [1.29, 1.82) is 0 Å². The van der Waals surface area contributed by atoms with Crippen LogP contribution in [0.3, 0.4) is 0 Å². The Kier molecular flexibility index (Phi) is 4.41. The molecular formula is C13H19N3O2. The van der Waals surface area contributed by atoms with Crippen molar-refractivity contribution in [2.75, 3.05) is 26.7 Å². The van der Waals surface area contributed by atoms with Gasteiger partial charge in [0.1, 0.15) is 5.75 Å². The van der Waals surface area contributed by atoms with E-state index in [-0.39, 0.29) is 0 Å². The van der Waals surface area contributed by atoms with Crippen LogP contribution in [0.25, 0.3) is 0 Å². The first-order valence-corrected chi connectivity index (χ1v) is 6.14. The van der Waals surface area contributed by atoms with E-state index in [2.05, 4.69) is 15.6 Å². The number of rotatable bonds is 4. The second-order valence-electron chi connectivity index (χ2n) is 4.18. The fraction of sp³-hybridized carbons (Fsp3) is 0.462. The molecule has 0 saturated heterocycles. The van der Waals surface area contributed by atoms with Gasteiger partial charge in [0.2, 0.25) is 0 Å².